The van der Waals surface area contributed by atoms with Crippen LogP contribution in [-0.4, -0.2) is 4.98 Å². The van der Waals surface area contributed by atoms with Crippen LogP contribution < -0.4 is 11.1 Å². The first kappa shape index (κ1) is 12.4. The summed E-state index contributed by atoms with van der Waals surface area (Å²) in [5.41, 5.74) is 10.5. The molecule has 1 aromatic heterocycles. The van der Waals surface area contributed by atoms with Crippen molar-refractivity contribution < 1.29 is 0 Å². The van der Waals surface area contributed by atoms with Crippen molar-refractivity contribution in [1.82, 2.24) is 10.3 Å². The highest BCUT2D eigenvalue weighted by molar-refractivity contribution is 7.09. The summed E-state index contributed by atoms with van der Waals surface area (Å²) in [6, 6.07) is 5.70. The number of nitrogens with zero attached hydrogens (tertiary/aromatic N) is 1. The SMILES string of the molecule is Cc1ncsc1CNCc1ccc(Cl)c(N)c1. The number of thiazole rings is 1. The fraction of sp³-hybridized carbons (Fsp3) is 0.250. The third-order valence-electron chi connectivity index (χ3n) is 2.52. The summed E-state index contributed by atoms with van der Waals surface area (Å²) in [5, 5.41) is 3.97. The predicted molar refractivity (Wildman–Crippen MR) is 73.3 cm³/mol. The molecule has 0 amide bonds. The Hall–Kier alpha value is -1.10. The number of nitrogens with one attached hydrogen (secondary N) is 1. The quantitative estimate of drug-likeness (QED) is 0.838. The van der Waals surface area contributed by atoms with E-state index in [0.29, 0.717) is 10.7 Å². The molecule has 1 aromatic carbocycles. The number of rotatable bonds is 4. The summed E-state index contributed by atoms with van der Waals surface area (Å²) >= 11 is 7.54. The monoisotopic (exact) mass is 267 g/mol. The largest absolute Gasteiger partial charge is 0.398 e. The standard InChI is InChI=1S/C12H14ClN3S/c1-8-12(17-7-16-8)6-15-5-9-2-3-10(13)11(14)4-9/h2-4,7,15H,5-6,14H2,1H3. The third kappa shape index (κ3) is 3.19. The van der Waals surface area contributed by atoms with Crippen LogP contribution in [-0.2, 0) is 13.1 Å². The number of anilines is 1. The molecule has 3 N–H and O–H groups in total. The van der Waals surface area contributed by atoms with Crippen molar-refractivity contribution in [2.75, 3.05) is 5.73 Å². The van der Waals surface area contributed by atoms with Gasteiger partial charge in [-0.05, 0) is 24.6 Å². The van der Waals surface area contributed by atoms with Crippen molar-refractivity contribution in [3.8, 4) is 0 Å². The maximum atomic E-state index is 5.86. The summed E-state index contributed by atoms with van der Waals surface area (Å²) in [6.07, 6.45) is 0. The van der Waals surface area contributed by atoms with Crippen LogP contribution >= 0.6 is 22.9 Å². The van der Waals surface area contributed by atoms with E-state index in [0.717, 1.165) is 24.3 Å². The summed E-state index contributed by atoms with van der Waals surface area (Å²) in [4.78, 5) is 5.48. The summed E-state index contributed by atoms with van der Waals surface area (Å²) in [7, 11) is 0. The van der Waals surface area contributed by atoms with Crippen molar-refractivity contribution >= 4 is 28.6 Å². The molecule has 0 aliphatic carbocycles. The molecule has 0 bridgehead atoms. The predicted octanol–water partition coefficient (Wildman–Crippen LogP) is 2.98. The topological polar surface area (TPSA) is 50.9 Å². The Morgan fingerprint density at radius 3 is 2.88 bits per heavy atom. The normalized spacial score (nSPS) is 10.7. The molecule has 0 unspecified atom stereocenters. The van der Waals surface area contributed by atoms with Gasteiger partial charge in [0.15, 0.2) is 0 Å². The molecule has 0 spiro atoms. The molecule has 17 heavy (non-hydrogen) atoms. The molecule has 5 heteroatoms. The van der Waals surface area contributed by atoms with Gasteiger partial charge in [0.25, 0.3) is 0 Å². The molecular formula is C12H14ClN3S. The lowest BCUT2D eigenvalue weighted by Crippen LogP contribution is -2.12. The molecule has 0 aliphatic heterocycles. The number of halogens is 1. The number of aryl methyl sites for hydroxylation is 1. The second-order valence-electron chi connectivity index (χ2n) is 3.82. The second kappa shape index (κ2) is 5.49. The zero-order valence-corrected chi connectivity index (χ0v) is 11.1. The molecule has 3 nitrogen and oxygen atoms in total. The minimum Gasteiger partial charge on any atom is -0.398 e. The fourth-order valence-corrected chi connectivity index (χ4v) is 2.38. The van der Waals surface area contributed by atoms with Gasteiger partial charge in [-0.3, -0.25) is 0 Å². The Balaban J connectivity index is 1.90. The lowest BCUT2D eigenvalue weighted by Gasteiger charge is -2.06. The van der Waals surface area contributed by atoms with Crippen LogP contribution in [0.4, 0.5) is 5.69 Å². The summed E-state index contributed by atoms with van der Waals surface area (Å²) < 4.78 is 0. The first-order valence-corrected chi connectivity index (χ1v) is 6.56. The van der Waals surface area contributed by atoms with E-state index in [9.17, 15) is 0 Å². The molecule has 2 rings (SSSR count). The van der Waals surface area contributed by atoms with Gasteiger partial charge in [-0.25, -0.2) is 4.98 Å². The van der Waals surface area contributed by atoms with E-state index in [1.165, 1.54) is 4.88 Å². The highest BCUT2D eigenvalue weighted by Crippen LogP contribution is 2.19. The maximum Gasteiger partial charge on any atom is 0.0798 e. The van der Waals surface area contributed by atoms with Crippen molar-refractivity contribution in [3.63, 3.8) is 0 Å². The van der Waals surface area contributed by atoms with Gasteiger partial charge >= 0.3 is 0 Å². The van der Waals surface area contributed by atoms with Crippen LogP contribution in [0.3, 0.4) is 0 Å². The van der Waals surface area contributed by atoms with Crippen molar-refractivity contribution in [1.29, 1.82) is 0 Å². The van der Waals surface area contributed by atoms with Crippen LogP contribution in [0.2, 0.25) is 5.02 Å². The van der Waals surface area contributed by atoms with Crippen molar-refractivity contribution in [2.45, 2.75) is 20.0 Å². The van der Waals surface area contributed by atoms with Gasteiger partial charge in [0, 0.05) is 18.0 Å². The van der Waals surface area contributed by atoms with Crippen molar-refractivity contribution in [2.24, 2.45) is 0 Å². The average molecular weight is 268 g/mol. The number of nitrogen functional groups attached to an aromatic ring is 1. The van der Waals surface area contributed by atoms with Crippen LogP contribution in [0.1, 0.15) is 16.1 Å². The lowest BCUT2D eigenvalue weighted by molar-refractivity contribution is 0.697. The number of aromatic nitrogens is 1. The van der Waals surface area contributed by atoms with Crippen LogP contribution in [0, 0.1) is 6.92 Å². The van der Waals surface area contributed by atoms with Gasteiger partial charge in [-0.15, -0.1) is 11.3 Å². The molecule has 0 saturated heterocycles. The van der Waals surface area contributed by atoms with Gasteiger partial charge in [-0.2, -0.15) is 0 Å². The van der Waals surface area contributed by atoms with E-state index in [4.69, 9.17) is 17.3 Å². The average Bonchev–Trinajstić information content (AvgIpc) is 2.70. The Kier molecular flexibility index (Phi) is 3.99. The molecule has 0 fully saturated rings. The third-order valence-corrected chi connectivity index (χ3v) is 3.80. The molecule has 0 radical (unpaired) electrons. The van der Waals surface area contributed by atoms with Crippen molar-refractivity contribution in [3.05, 3.63) is 44.9 Å². The van der Waals surface area contributed by atoms with E-state index < -0.39 is 0 Å². The van der Waals surface area contributed by atoms with E-state index >= 15 is 0 Å². The Morgan fingerprint density at radius 1 is 1.41 bits per heavy atom. The highest BCUT2D eigenvalue weighted by atomic mass is 35.5. The molecular weight excluding hydrogens is 254 g/mol. The summed E-state index contributed by atoms with van der Waals surface area (Å²) in [5.74, 6) is 0. The first-order valence-electron chi connectivity index (χ1n) is 5.30. The molecule has 0 aliphatic rings. The Morgan fingerprint density at radius 2 is 2.24 bits per heavy atom. The van der Waals surface area contributed by atoms with E-state index in [1.54, 1.807) is 11.3 Å². The maximum absolute atomic E-state index is 5.86. The highest BCUT2D eigenvalue weighted by Gasteiger charge is 2.01. The number of nitrogens with two attached hydrogens (primary N) is 1. The smallest absolute Gasteiger partial charge is 0.0798 e. The molecule has 1 heterocycles. The molecule has 2 aromatic rings. The van der Waals surface area contributed by atoms with Gasteiger partial charge in [0.2, 0.25) is 0 Å². The lowest BCUT2D eigenvalue weighted by atomic mass is 10.2. The minimum atomic E-state index is 0.604. The number of hydrogen-bond acceptors (Lipinski definition) is 4. The first-order chi connectivity index (χ1) is 8.16. The minimum absolute atomic E-state index is 0.604. The van der Waals surface area contributed by atoms with Crippen LogP contribution in [0.5, 0.6) is 0 Å². The van der Waals surface area contributed by atoms with E-state index in [-0.39, 0.29) is 0 Å². The van der Waals surface area contributed by atoms with Gasteiger partial charge in [-0.1, -0.05) is 17.7 Å². The van der Waals surface area contributed by atoms with E-state index in [1.807, 2.05) is 30.6 Å². The zero-order valence-electron chi connectivity index (χ0n) is 9.53. The van der Waals surface area contributed by atoms with Crippen LogP contribution in [0.25, 0.3) is 0 Å². The van der Waals surface area contributed by atoms with E-state index in [2.05, 4.69) is 10.3 Å². The van der Waals surface area contributed by atoms with Gasteiger partial charge in [0.05, 0.1) is 21.9 Å². The van der Waals surface area contributed by atoms with Gasteiger partial charge < -0.3 is 11.1 Å². The van der Waals surface area contributed by atoms with Gasteiger partial charge in [0.1, 0.15) is 0 Å². The van der Waals surface area contributed by atoms with Crippen LogP contribution in [0.15, 0.2) is 23.7 Å². The molecule has 0 saturated carbocycles. The zero-order chi connectivity index (χ0) is 12.3. The number of benzene rings is 1. The number of hydrogen-bond donors (Lipinski definition) is 2. The summed E-state index contributed by atoms with van der Waals surface area (Å²) in [6.45, 7) is 3.63. The fourth-order valence-electron chi connectivity index (χ4n) is 1.52. The Labute approximate surface area is 110 Å². The second-order valence-corrected chi connectivity index (χ2v) is 5.17. The molecule has 0 atom stereocenters. The molecule has 90 valence electrons. The Bertz CT molecular complexity index is 510.